The molecule has 1 aliphatic carbocycles. The third-order valence-corrected chi connectivity index (χ3v) is 4.27. The Balaban J connectivity index is 2.19. The maximum absolute atomic E-state index is 12.5. The summed E-state index contributed by atoms with van der Waals surface area (Å²) in [6.07, 6.45) is 4.42. The van der Waals surface area contributed by atoms with Crippen LogP contribution in [-0.2, 0) is 14.9 Å². The van der Waals surface area contributed by atoms with Crippen molar-refractivity contribution in [1.29, 1.82) is 0 Å². The van der Waals surface area contributed by atoms with Crippen LogP contribution in [0.1, 0.15) is 51.9 Å². The molecule has 0 radical (unpaired) electrons. The maximum Gasteiger partial charge on any atom is 0.319 e. The van der Waals surface area contributed by atoms with Crippen LogP contribution in [0.3, 0.4) is 0 Å². The van der Waals surface area contributed by atoms with Crippen LogP contribution in [0.5, 0.6) is 0 Å². The summed E-state index contributed by atoms with van der Waals surface area (Å²) in [6, 6.07) is 4.02. The molecule has 0 unspecified atom stereocenters. The molecule has 0 spiro atoms. The van der Waals surface area contributed by atoms with E-state index in [2.05, 4.69) is 23.4 Å². The van der Waals surface area contributed by atoms with Crippen LogP contribution in [-0.4, -0.2) is 27.1 Å². The number of fused-ring (bicyclic) bond motifs is 1. The Morgan fingerprint density at radius 2 is 2.24 bits per heavy atom. The molecule has 2 aromatic heterocycles. The first-order chi connectivity index (χ1) is 10.1. The molecule has 0 bridgehead atoms. The number of rotatable bonds is 4. The second-order valence-corrected chi connectivity index (χ2v) is 5.90. The Morgan fingerprint density at radius 3 is 2.81 bits per heavy atom. The van der Waals surface area contributed by atoms with Gasteiger partial charge in [-0.15, -0.1) is 0 Å². The van der Waals surface area contributed by atoms with Crippen LogP contribution in [0.4, 0.5) is 0 Å². The number of ether oxygens (including phenoxy) is 1. The zero-order chi connectivity index (χ0) is 15.0. The summed E-state index contributed by atoms with van der Waals surface area (Å²) in [6.45, 7) is 6.44. The molecule has 0 N–H and O–H groups in total. The van der Waals surface area contributed by atoms with Crippen molar-refractivity contribution in [3.63, 3.8) is 0 Å². The lowest BCUT2D eigenvalue weighted by atomic mass is 9.68. The van der Waals surface area contributed by atoms with Crippen LogP contribution < -0.4 is 0 Å². The lowest BCUT2D eigenvalue weighted by Gasteiger charge is -2.39. The molecule has 0 aromatic carbocycles. The van der Waals surface area contributed by atoms with Crippen molar-refractivity contribution in [1.82, 2.24) is 14.5 Å². The number of imidazole rings is 1. The molecule has 1 aliphatic rings. The highest BCUT2D eigenvalue weighted by atomic mass is 16.5. The summed E-state index contributed by atoms with van der Waals surface area (Å²) in [5.74, 6) is 0.671. The summed E-state index contributed by atoms with van der Waals surface area (Å²) in [7, 11) is 0. The van der Waals surface area contributed by atoms with Gasteiger partial charge in [-0.25, -0.2) is 9.97 Å². The third kappa shape index (κ3) is 2.03. The second-order valence-electron chi connectivity index (χ2n) is 5.90. The van der Waals surface area contributed by atoms with Crippen molar-refractivity contribution in [3.8, 4) is 0 Å². The third-order valence-electron chi connectivity index (χ3n) is 4.27. The normalized spacial score (nSPS) is 17.0. The van der Waals surface area contributed by atoms with Crippen LogP contribution in [0, 0.1) is 0 Å². The SMILES string of the molecule is CCOC(=O)C1(c2nc3cccnc3n2C(C)C)CCC1. The number of hydrogen-bond donors (Lipinski definition) is 0. The largest absolute Gasteiger partial charge is 0.465 e. The molecule has 0 amide bonds. The zero-order valence-corrected chi connectivity index (χ0v) is 12.8. The second kappa shape index (κ2) is 5.13. The summed E-state index contributed by atoms with van der Waals surface area (Å²) >= 11 is 0. The molecule has 0 atom stereocenters. The minimum absolute atomic E-state index is 0.145. The summed E-state index contributed by atoms with van der Waals surface area (Å²) < 4.78 is 7.41. The molecule has 2 aromatic rings. The van der Waals surface area contributed by atoms with Crippen molar-refractivity contribution < 1.29 is 9.53 Å². The Kier molecular flexibility index (Phi) is 3.43. The van der Waals surface area contributed by atoms with Gasteiger partial charge in [-0.2, -0.15) is 0 Å². The van der Waals surface area contributed by atoms with E-state index in [-0.39, 0.29) is 12.0 Å². The standard InChI is InChI=1S/C16H21N3O2/c1-4-21-15(20)16(8-6-9-16)14-18-12-7-5-10-17-13(12)19(14)11(2)3/h5,7,10-11H,4,6,8-9H2,1-3H3. The number of nitrogens with zero attached hydrogens (tertiary/aromatic N) is 3. The molecule has 1 fully saturated rings. The molecule has 112 valence electrons. The van der Waals surface area contributed by atoms with E-state index in [1.165, 1.54) is 0 Å². The average molecular weight is 287 g/mol. The highest BCUT2D eigenvalue weighted by Crippen LogP contribution is 2.45. The number of esters is 1. The minimum Gasteiger partial charge on any atom is -0.465 e. The van der Waals surface area contributed by atoms with E-state index in [0.717, 1.165) is 36.3 Å². The number of carbonyl (C=O) groups is 1. The number of pyridine rings is 1. The van der Waals surface area contributed by atoms with E-state index in [1.54, 1.807) is 6.20 Å². The predicted octanol–water partition coefficient (Wildman–Crippen LogP) is 3.00. The van der Waals surface area contributed by atoms with Gasteiger partial charge in [-0.1, -0.05) is 6.42 Å². The summed E-state index contributed by atoms with van der Waals surface area (Å²) in [4.78, 5) is 21.7. The molecule has 5 nitrogen and oxygen atoms in total. The van der Waals surface area contributed by atoms with Crippen molar-refractivity contribution in [2.24, 2.45) is 0 Å². The van der Waals surface area contributed by atoms with Crippen molar-refractivity contribution in [2.45, 2.75) is 51.5 Å². The highest BCUT2D eigenvalue weighted by molar-refractivity contribution is 5.85. The topological polar surface area (TPSA) is 57.0 Å². The van der Waals surface area contributed by atoms with Gasteiger partial charge in [-0.3, -0.25) is 4.79 Å². The van der Waals surface area contributed by atoms with Crippen LogP contribution in [0.15, 0.2) is 18.3 Å². The molecular formula is C16H21N3O2. The molecule has 3 rings (SSSR count). The predicted molar refractivity (Wildman–Crippen MR) is 80.1 cm³/mol. The Hall–Kier alpha value is -1.91. The molecule has 21 heavy (non-hydrogen) atoms. The Morgan fingerprint density at radius 1 is 1.48 bits per heavy atom. The number of carbonyl (C=O) groups excluding carboxylic acids is 1. The van der Waals surface area contributed by atoms with Gasteiger partial charge >= 0.3 is 5.97 Å². The summed E-state index contributed by atoms with van der Waals surface area (Å²) in [5.41, 5.74) is 1.11. The summed E-state index contributed by atoms with van der Waals surface area (Å²) in [5, 5.41) is 0. The fraction of sp³-hybridized carbons (Fsp3) is 0.562. The van der Waals surface area contributed by atoms with Gasteiger partial charge in [0.15, 0.2) is 5.65 Å². The Labute approximate surface area is 124 Å². The van der Waals surface area contributed by atoms with E-state index < -0.39 is 5.41 Å². The van der Waals surface area contributed by atoms with Gasteiger partial charge in [-0.05, 0) is 45.7 Å². The number of aromatic nitrogens is 3. The van der Waals surface area contributed by atoms with Crippen LogP contribution in [0.2, 0.25) is 0 Å². The smallest absolute Gasteiger partial charge is 0.319 e. The highest BCUT2D eigenvalue weighted by Gasteiger charge is 2.51. The van der Waals surface area contributed by atoms with Gasteiger partial charge in [0, 0.05) is 12.2 Å². The van der Waals surface area contributed by atoms with Crippen molar-refractivity contribution in [3.05, 3.63) is 24.2 Å². The van der Waals surface area contributed by atoms with Gasteiger partial charge < -0.3 is 9.30 Å². The quantitative estimate of drug-likeness (QED) is 0.811. The van der Waals surface area contributed by atoms with Gasteiger partial charge in [0.25, 0.3) is 0 Å². The fourth-order valence-corrected chi connectivity index (χ4v) is 3.07. The van der Waals surface area contributed by atoms with E-state index in [9.17, 15) is 4.79 Å². The van der Waals surface area contributed by atoms with E-state index >= 15 is 0 Å². The van der Waals surface area contributed by atoms with Gasteiger partial charge in [0.1, 0.15) is 16.8 Å². The van der Waals surface area contributed by atoms with Gasteiger partial charge in [0.05, 0.1) is 6.61 Å². The molecular weight excluding hydrogens is 266 g/mol. The zero-order valence-electron chi connectivity index (χ0n) is 12.8. The first-order valence-electron chi connectivity index (χ1n) is 7.61. The van der Waals surface area contributed by atoms with Crippen molar-refractivity contribution >= 4 is 17.1 Å². The molecule has 0 aliphatic heterocycles. The average Bonchev–Trinajstić information content (AvgIpc) is 2.77. The van der Waals surface area contributed by atoms with Crippen LogP contribution in [0.25, 0.3) is 11.2 Å². The molecule has 5 heteroatoms. The molecule has 0 saturated heterocycles. The Bertz CT molecular complexity index is 671. The lowest BCUT2D eigenvalue weighted by Crippen LogP contribution is -2.46. The minimum atomic E-state index is -0.582. The van der Waals surface area contributed by atoms with Crippen molar-refractivity contribution in [2.75, 3.05) is 6.61 Å². The van der Waals surface area contributed by atoms with E-state index in [4.69, 9.17) is 9.72 Å². The maximum atomic E-state index is 12.5. The molecule has 2 heterocycles. The lowest BCUT2D eigenvalue weighted by molar-refractivity contribution is -0.154. The van der Waals surface area contributed by atoms with Gasteiger partial charge in [0.2, 0.25) is 0 Å². The van der Waals surface area contributed by atoms with E-state index in [0.29, 0.717) is 6.61 Å². The van der Waals surface area contributed by atoms with E-state index in [1.807, 2.05) is 19.1 Å². The monoisotopic (exact) mass is 287 g/mol. The molecule has 1 saturated carbocycles. The van der Waals surface area contributed by atoms with Crippen LogP contribution >= 0.6 is 0 Å². The first kappa shape index (κ1) is 14.0. The first-order valence-corrected chi connectivity index (χ1v) is 7.61. The number of hydrogen-bond acceptors (Lipinski definition) is 4. The fourth-order valence-electron chi connectivity index (χ4n) is 3.07.